The normalized spacial score (nSPS) is 10.9. The topological polar surface area (TPSA) is 29.0 Å². The monoisotopic (exact) mass is 319 g/mol. The molecule has 0 saturated heterocycles. The van der Waals surface area contributed by atoms with E-state index in [4.69, 9.17) is 11.6 Å². The molecule has 1 aromatic heterocycles. The molecule has 2 aromatic carbocycles. The van der Waals surface area contributed by atoms with Gasteiger partial charge in [0.25, 0.3) is 0 Å². The predicted octanol–water partition coefficient (Wildman–Crippen LogP) is 4.20. The lowest BCUT2D eigenvalue weighted by Gasteiger charge is -2.20. The van der Waals surface area contributed by atoms with Gasteiger partial charge in [0.05, 0.1) is 10.9 Å². The first-order valence-corrected chi connectivity index (χ1v) is 6.99. The molecular formula is C16H12ClF2N3. The van der Waals surface area contributed by atoms with Crippen LogP contribution in [0.15, 0.2) is 42.7 Å². The molecule has 6 heteroatoms. The standard InChI is InChI=1S/C16H12ClF2N3/c1-22(8-10-11(17)4-2-5-12(10)18)16-15-13(19)6-3-7-14(15)20-9-21-16/h2-7,9H,8H2,1H3. The van der Waals surface area contributed by atoms with E-state index in [9.17, 15) is 8.78 Å². The largest absolute Gasteiger partial charge is 0.354 e. The van der Waals surface area contributed by atoms with Gasteiger partial charge in [0, 0.05) is 24.2 Å². The molecule has 0 fully saturated rings. The summed E-state index contributed by atoms with van der Waals surface area (Å²) in [4.78, 5) is 9.83. The second-order valence-electron chi connectivity index (χ2n) is 4.89. The highest BCUT2D eigenvalue weighted by Gasteiger charge is 2.15. The second kappa shape index (κ2) is 5.85. The Morgan fingerprint density at radius 2 is 1.77 bits per heavy atom. The maximum absolute atomic E-state index is 14.1. The lowest BCUT2D eigenvalue weighted by molar-refractivity contribution is 0.607. The van der Waals surface area contributed by atoms with E-state index in [1.165, 1.54) is 18.5 Å². The van der Waals surface area contributed by atoms with Crippen LogP contribution in [0, 0.1) is 11.6 Å². The van der Waals surface area contributed by atoms with Crippen LogP contribution in [-0.4, -0.2) is 17.0 Å². The van der Waals surface area contributed by atoms with Crippen molar-refractivity contribution in [3.8, 4) is 0 Å². The summed E-state index contributed by atoms with van der Waals surface area (Å²) in [5.74, 6) is -0.430. The molecule has 0 aliphatic rings. The lowest BCUT2D eigenvalue weighted by Crippen LogP contribution is -2.19. The minimum absolute atomic E-state index is 0.173. The molecule has 0 spiro atoms. The van der Waals surface area contributed by atoms with E-state index < -0.39 is 11.6 Å². The lowest BCUT2D eigenvalue weighted by atomic mass is 10.1. The van der Waals surface area contributed by atoms with Gasteiger partial charge in [-0.1, -0.05) is 23.7 Å². The Morgan fingerprint density at radius 3 is 2.55 bits per heavy atom. The molecule has 0 aliphatic carbocycles. The summed E-state index contributed by atoms with van der Waals surface area (Å²) in [7, 11) is 1.71. The molecule has 0 N–H and O–H groups in total. The van der Waals surface area contributed by atoms with E-state index in [-0.39, 0.29) is 6.54 Å². The summed E-state index contributed by atoms with van der Waals surface area (Å²) >= 11 is 6.04. The summed E-state index contributed by atoms with van der Waals surface area (Å²) in [6.45, 7) is 0.173. The third-order valence-electron chi connectivity index (χ3n) is 3.41. The van der Waals surface area contributed by atoms with E-state index in [1.54, 1.807) is 36.2 Å². The smallest absolute Gasteiger partial charge is 0.142 e. The molecule has 3 nitrogen and oxygen atoms in total. The predicted molar refractivity (Wildman–Crippen MR) is 83.0 cm³/mol. The minimum atomic E-state index is -0.417. The van der Waals surface area contributed by atoms with Crippen LogP contribution in [0.4, 0.5) is 14.6 Å². The molecule has 3 rings (SSSR count). The van der Waals surface area contributed by atoms with Crippen LogP contribution < -0.4 is 4.90 Å². The van der Waals surface area contributed by atoms with Crippen molar-refractivity contribution in [2.45, 2.75) is 6.54 Å². The van der Waals surface area contributed by atoms with Crippen molar-refractivity contribution < 1.29 is 8.78 Å². The van der Waals surface area contributed by atoms with E-state index in [0.717, 1.165) is 0 Å². The SMILES string of the molecule is CN(Cc1c(F)cccc1Cl)c1ncnc2cccc(F)c12. The average molecular weight is 320 g/mol. The molecule has 1 heterocycles. The minimum Gasteiger partial charge on any atom is -0.354 e. The van der Waals surface area contributed by atoms with Crippen LogP contribution in [0.2, 0.25) is 5.02 Å². The number of benzene rings is 2. The van der Waals surface area contributed by atoms with Crippen molar-refractivity contribution in [2.75, 3.05) is 11.9 Å². The van der Waals surface area contributed by atoms with Crippen molar-refractivity contribution in [1.29, 1.82) is 0 Å². The zero-order valence-electron chi connectivity index (χ0n) is 11.7. The van der Waals surface area contributed by atoms with Crippen molar-refractivity contribution >= 4 is 28.3 Å². The highest BCUT2D eigenvalue weighted by molar-refractivity contribution is 6.31. The molecule has 22 heavy (non-hydrogen) atoms. The van der Waals surface area contributed by atoms with Crippen LogP contribution >= 0.6 is 11.6 Å². The van der Waals surface area contributed by atoms with Crippen LogP contribution in [0.25, 0.3) is 10.9 Å². The molecular weight excluding hydrogens is 308 g/mol. The van der Waals surface area contributed by atoms with Crippen molar-refractivity contribution in [2.24, 2.45) is 0 Å². The number of hydrogen-bond donors (Lipinski definition) is 0. The number of rotatable bonds is 3. The summed E-state index contributed by atoms with van der Waals surface area (Å²) in [6.07, 6.45) is 1.36. The molecule has 3 aromatic rings. The van der Waals surface area contributed by atoms with Crippen LogP contribution in [0.1, 0.15) is 5.56 Å². The number of aromatic nitrogens is 2. The highest BCUT2D eigenvalue weighted by Crippen LogP contribution is 2.27. The van der Waals surface area contributed by atoms with Gasteiger partial charge in [0.2, 0.25) is 0 Å². The van der Waals surface area contributed by atoms with Gasteiger partial charge in [-0.2, -0.15) is 0 Å². The average Bonchev–Trinajstić information content (AvgIpc) is 2.50. The first-order chi connectivity index (χ1) is 10.6. The molecule has 0 radical (unpaired) electrons. The number of nitrogens with zero attached hydrogens (tertiary/aromatic N) is 3. The zero-order chi connectivity index (χ0) is 15.7. The Hall–Kier alpha value is -2.27. The van der Waals surface area contributed by atoms with Gasteiger partial charge in [0.1, 0.15) is 23.8 Å². The van der Waals surface area contributed by atoms with E-state index in [0.29, 0.717) is 27.3 Å². The van der Waals surface area contributed by atoms with Gasteiger partial charge in [-0.15, -0.1) is 0 Å². The Labute approximate surface area is 131 Å². The molecule has 0 aliphatic heterocycles. The number of halogens is 3. The number of hydrogen-bond acceptors (Lipinski definition) is 3. The molecule has 0 unspecified atom stereocenters. The summed E-state index contributed by atoms with van der Waals surface area (Å²) < 4.78 is 28.0. The Morgan fingerprint density at radius 1 is 1.05 bits per heavy atom. The molecule has 0 bridgehead atoms. The third kappa shape index (κ3) is 2.60. The van der Waals surface area contributed by atoms with Gasteiger partial charge < -0.3 is 4.90 Å². The maximum atomic E-state index is 14.1. The number of fused-ring (bicyclic) bond motifs is 1. The quantitative estimate of drug-likeness (QED) is 0.724. The van der Waals surface area contributed by atoms with Gasteiger partial charge >= 0.3 is 0 Å². The fourth-order valence-corrected chi connectivity index (χ4v) is 2.56. The van der Waals surface area contributed by atoms with Crippen LogP contribution in [0.3, 0.4) is 0 Å². The van der Waals surface area contributed by atoms with Crippen molar-refractivity contribution in [3.05, 3.63) is 64.9 Å². The first-order valence-electron chi connectivity index (χ1n) is 6.61. The highest BCUT2D eigenvalue weighted by atomic mass is 35.5. The van der Waals surface area contributed by atoms with Gasteiger partial charge in [0.15, 0.2) is 0 Å². The summed E-state index contributed by atoms with van der Waals surface area (Å²) in [5, 5.41) is 0.630. The summed E-state index contributed by atoms with van der Waals surface area (Å²) in [6, 6.07) is 9.13. The fraction of sp³-hybridized carbons (Fsp3) is 0.125. The van der Waals surface area contributed by atoms with Crippen LogP contribution in [-0.2, 0) is 6.54 Å². The summed E-state index contributed by atoms with van der Waals surface area (Å²) in [5.41, 5.74) is 0.839. The Bertz CT molecular complexity index is 813. The number of anilines is 1. The maximum Gasteiger partial charge on any atom is 0.142 e. The van der Waals surface area contributed by atoms with Gasteiger partial charge in [-0.05, 0) is 24.3 Å². The van der Waals surface area contributed by atoms with Gasteiger partial charge in [-0.25, -0.2) is 18.7 Å². The van der Waals surface area contributed by atoms with Crippen LogP contribution in [0.5, 0.6) is 0 Å². The molecule has 0 atom stereocenters. The van der Waals surface area contributed by atoms with E-state index in [2.05, 4.69) is 9.97 Å². The first kappa shape index (κ1) is 14.7. The fourth-order valence-electron chi connectivity index (χ4n) is 2.34. The second-order valence-corrected chi connectivity index (χ2v) is 5.29. The van der Waals surface area contributed by atoms with Crippen molar-refractivity contribution in [1.82, 2.24) is 9.97 Å². The molecule has 0 saturated carbocycles. The van der Waals surface area contributed by atoms with E-state index >= 15 is 0 Å². The molecule has 0 amide bonds. The Kier molecular flexibility index (Phi) is 3.90. The van der Waals surface area contributed by atoms with Crippen molar-refractivity contribution in [3.63, 3.8) is 0 Å². The Balaban J connectivity index is 2.05. The molecule has 112 valence electrons. The van der Waals surface area contributed by atoms with Gasteiger partial charge in [-0.3, -0.25) is 0 Å². The third-order valence-corrected chi connectivity index (χ3v) is 3.76. The van der Waals surface area contributed by atoms with E-state index in [1.807, 2.05) is 0 Å². The zero-order valence-corrected chi connectivity index (χ0v) is 12.5.